The molecule has 0 aromatic heterocycles. The first-order chi connectivity index (χ1) is 13.5. The molecule has 3 aromatic rings. The molecule has 1 heterocycles. The van der Waals surface area contributed by atoms with Gasteiger partial charge in [0.05, 0.1) is 5.56 Å². The lowest BCUT2D eigenvalue weighted by Crippen LogP contribution is -1.98. The number of ether oxygens (including phenoxy) is 2. The van der Waals surface area contributed by atoms with Crippen LogP contribution >= 0.6 is 23.2 Å². The van der Waals surface area contributed by atoms with E-state index in [1.165, 1.54) is 18.2 Å². The molecule has 3 aromatic carbocycles. The van der Waals surface area contributed by atoms with Crippen LogP contribution in [0.5, 0.6) is 11.5 Å². The molecular weight excluding hydrogens is 402 g/mol. The van der Waals surface area contributed by atoms with Gasteiger partial charge in [-0.3, -0.25) is 4.79 Å². The van der Waals surface area contributed by atoms with Gasteiger partial charge < -0.3 is 9.47 Å². The fourth-order valence-electron chi connectivity index (χ4n) is 2.83. The molecule has 6 heteroatoms. The molecule has 0 amide bonds. The van der Waals surface area contributed by atoms with Crippen molar-refractivity contribution in [1.29, 1.82) is 0 Å². The van der Waals surface area contributed by atoms with Gasteiger partial charge in [0.25, 0.3) is 0 Å². The Labute approximate surface area is 170 Å². The SMILES string of the molecule is O=C1C(=Cc2cccc(F)c2)Oc2cc(OCc3c(Cl)cccc3Cl)ccc21. The first kappa shape index (κ1) is 18.5. The third-order valence-electron chi connectivity index (χ3n) is 4.23. The van der Waals surface area contributed by atoms with Gasteiger partial charge in [0.2, 0.25) is 5.78 Å². The zero-order chi connectivity index (χ0) is 19.7. The van der Waals surface area contributed by atoms with Crippen LogP contribution in [0, 0.1) is 5.82 Å². The number of halogens is 3. The predicted molar refractivity (Wildman–Crippen MR) is 107 cm³/mol. The Kier molecular flexibility index (Phi) is 5.07. The maximum Gasteiger partial charge on any atom is 0.231 e. The fraction of sp³-hybridized carbons (Fsp3) is 0.0455. The lowest BCUT2D eigenvalue weighted by atomic mass is 10.1. The van der Waals surface area contributed by atoms with Gasteiger partial charge in [-0.05, 0) is 48.0 Å². The molecule has 28 heavy (non-hydrogen) atoms. The summed E-state index contributed by atoms with van der Waals surface area (Å²) in [7, 11) is 0. The lowest BCUT2D eigenvalue weighted by molar-refractivity contribution is 0.101. The normalized spacial score (nSPS) is 14.1. The molecule has 3 nitrogen and oxygen atoms in total. The van der Waals surface area contributed by atoms with Crippen LogP contribution in [0.3, 0.4) is 0 Å². The second-order valence-electron chi connectivity index (χ2n) is 6.14. The van der Waals surface area contributed by atoms with Crippen LogP contribution in [0.1, 0.15) is 21.5 Å². The van der Waals surface area contributed by atoms with Gasteiger partial charge in [0.15, 0.2) is 5.76 Å². The number of rotatable bonds is 4. The monoisotopic (exact) mass is 414 g/mol. The largest absolute Gasteiger partial charge is 0.489 e. The number of allylic oxidation sites excluding steroid dienone is 1. The van der Waals surface area contributed by atoms with E-state index in [2.05, 4.69) is 0 Å². The molecule has 140 valence electrons. The van der Waals surface area contributed by atoms with Crippen LogP contribution in [0.4, 0.5) is 4.39 Å². The molecule has 0 atom stereocenters. The van der Waals surface area contributed by atoms with E-state index in [0.717, 1.165) is 0 Å². The van der Waals surface area contributed by atoms with E-state index in [4.69, 9.17) is 32.7 Å². The van der Waals surface area contributed by atoms with Crippen molar-refractivity contribution < 1.29 is 18.7 Å². The number of carbonyl (C=O) groups is 1. The number of hydrogen-bond donors (Lipinski definition) is 0. The highest BCUT2D eigenvalue weighted by atomic mass is 35.5. The number of benzene rings is 3. The molecule has 0 aliphatic carbocycles. The minimum atomic E-state index is -0.383. The third-order valence-corrected chi connectivity index (χ3v) is 4.94. The van der Waals surface area contributed by atoms with Gasteiger partial charge >= 0.3 is 0 Å². The molecule has 0 saturated carbocycles. The molecule has 0 unspecified atom stereocenters. The van der Waals surface area contributed by atoms with Crippen LogP contribution in [0.25, 0.3) is 6.08 Å². The van der Waals surface area contributed by atoms with Crippen molar-refractivity contribution in [1.82, 2.24) is 0 Å². The number of Topliss-reactive ketones (excluding diaryl/α,β-unsaturated/α-hetero) is 1. The van der Waals surface area contributed by atoms with Gasteiger partial charge in [0, 0.05) is 21.7 Å². The predicted octanol–water partition coefficient (Wildman–Crippen LogP) is 6.33. The highest BCUT2D eigenvalue weighted by Crippen LogP contribution is 2.35. The quantitative estimate of drug-likeness (QED) is 0.468. The Morgan fingerprint density at radius 2 is 1.75 bits per heavy atom. The summed E-state index contributed by atoms with van der Waals surface area (Å²) in [5, 5.41) is 1.03. The van der Waals surface area contributed by atoms with E-state index < -0.39 is 0 Å². The van der Waals surface area contributed by atoms with Crippen LogP contribution < -0.4 is 9.47 Å². The Morgan fingerprint density at radius 3 is 2.50 bits per heavy atom. The molecule has 1 aliphatic heterocycles. The molecule has 0 spiro atoms. The first-order valence-electron chi connectivity index (χ1n) is 8.41. The number of ketones is 1. The maximum atomic E-state index is 13.3. The van der Waals surface area contributed by atoms with Crippen LogP contribution in [-0.2, 0) is 6.61 Å². The van der Waals surface area contributed by atoms with Crippen molar-refractivity contribution in [3.05, 3.63) is 99.0 Å². The summed E-state index contributed by atoms with van der Waals surface area (Å²) in [6, 6.07) is 16.1. The van der Waals surface area contributed by atoms with Crippen LogP contribution in [0.2, 0.25) is 10.0 Å². The summed E-state index contributed by atoms with van der Waals surface area (Å²) in [6.45, 7) is 0.178. The zero-order valence-electron chi connectivity index (χ0n) is 14.4. The Morgan fingerprint density at radius 1 is 1.00 bits per heavy atom. The van der Waals surface area contributed by atoms with Gasteiger partial charge in [-0.15, -0.1) is 0 Å². The summed E-state index contributed by atoms with van der Waals surface area (Å²) in [5.74, 6) is 0.378. The second-order valence-corrected chi connectivity index (χ2v) is 6.96. The molecule has 0 saturated heterocycles. The summed E-state index contributed by atoms with van der Waals surface area (Å²) in [4.78, 5) is 12.5. The van der Waals surface area contributed by atoms with Crippen molar-refractivity contribution >= 4 is 35.1 Å². The topological polar surface area (TPSA) is 35.5 Å². The molecule has 0 N–H and O–H groups in total. The first-order valence-corrected chi connectivity index (χ1v) is 9.16. The maximum absolute atomic E-state index is 13.3. The lowest BCUT2D eigenvalue weighted by Gasteiger charge is -2.10. The standard InChI is InChI=1S/C22H13Cl2FO3/c23-18-5-2-6-19(24)17(18)12-27-15-7-8-16-20(11-15)28-21(22(16)26)10-13-3-1-4-14(25)9-13/h1-11H,12H2. The number of carbonyl (C=O) groups excluding carboxylic acids is 1. The fourth-order valence-corrected chi connectivity index (χ4v) is 3.34. The third kappa shape index (κ3) is 3.75. The van der Waals surface area contributed by atoms with E-state index >= 15 is 0 Å². The van der Waals surface area contributed by atoms with Gasteiger partial charge in [-0.1, -0.05) is 41.4 Å². The molecule has 4 rings (SSSR count). The summed E-state index contributed by atoms with van der Waals surface area (Å²) in [6.07, 6.45) is 1.51. The van der Waals surface area contributed by atoms with E-state index in [0.29, 0.717) is 38.2 Å². The molecule has 0 bridgehead atoms. The highest BCUT2D eigenvalue weighted by molar-refractivity contribution is 6.35. The van der Waals surface area contributed by atoms with Gasteiger partial charge in [-0.25, -0.2) is 4.39 Å². The van der Waals surface area contributed by atoms with Gasteiger partial charge in [0.1, 0.15) is 23.9 Å². The second kappa shape index (κ2) is 7.66. The minimum Gasteiger partial charge on any atom is -0.489 e. The molecule has 0 radical (unpaired) electrons. The summed E-state index contributed by atoms with van der Waals surface area (Å²) >= 11 is 12.3. The minimum absolute atomic E-state index is 0.131. The van der Waals surface area contributed by atoms with Crippen molar-refractivity contribution in [2.24, 2.45) is 0 Å². The smallest absolute Gasteiger partial charge is 0.231 e. The molecular formula is C22H13Cl2FO3. The van der Waals surface area contributed by atoms with E-state index in [1.54, 1.807) is 48.5 Å². The zero-order valence-corrected chi connectivity index (χ0v) is 15.9. The molecule has 0 fully saturated rings. The van der Waals surface area contributed by atoms with E-state index in [9.17, 15) is 9.18 Å². The highest BCUT2D eigenvalue weighted by Gasteiger charge is 2.27. The average Bonchev–Trinajstić information content (AvgIpc) is 2.96. The number of hydrogen-bond acceptors (Lipinski definition) is 3. The van der Waals surface area contributed by atoms with Crippen molar-refractivity contribution in [2.75, 3.05) is 0 Å². The summed E-state index contributed by atoms with van der Waals surface area (Å²) in [5.41, 5.74) is 1.64. The molecule has 1 aliphatic rings. The van der Waals surface area contributed by atoms with Crippen molar-refractivity contribution in [2.45, 2.75) is 6.61 Å². The Hall–Kier alpha value is -2.82. The number of fused-ring (bicyclic) bond motifs is 1. The van der Waals surface area contributed by atoms with E-state index in [-0.39, 0.29) is 24.0 Å². The Balaban J connectivity index is 1.54. The van der Waals surface area contributed by atoms with Crippen molar-refractivity contribution in [3.63, 3.8) is 0 Å². The van der Waals surface area contributed by atoms with Crippen LogP contribution in [-0.4, -0.2) is 5.78 Å². The Bertz CT molecular complexity index is 1090. The van der Waals surface area contributed by atoms with Gasteiger partial charge in [-0.2, -0.15) is 0 Å². The van der Waals surface area contributed by atoms with E-state index in [1.807, 2.05) is 0 Å². The summed E-state index contributed by atoms with van der Waals surface area (Å²) < 4.78 is 24.8. The van der Waals surface area contributed by atoms with Crippen LogP contribution in [0.15, 0.2) is 66.4 Å². The van der Waals surface area contributed by atoms with Crippen molar-refractivity contribution in [3.8, 4) is 11.5 Å². The average molecular weight is 415 g/mol.